The number of hydrogen-bond donors (Lipinski definition) is 7. The fraction of sp³-hybridized carbons (Fsp3) is 0.273. The van der Waals surface area contributed by atoms with Gasteiger partial charge in [0, 0.05) is 18.3 Å². The first-order chi connectivity index (χ1) is 29.0. The van der Waals surface area contributed by atoms with Crippen LogP contribution < -0.4 is 32.7 Å². The Balaban J connectivity index is 0.000000479. The van der Waals surface area contributed by atoms with Gasteiger partial charge in [0.25, 0.3) is 0 Å². The monoisotopic (exact) mass is 818 g/mol. The average Bonchev–Trinajstić information content (AvgIpc) is 3.95. The Morgan fingerprint density at radius 1 is 0.933 bits per heavy atom. The minimum Gasteiger partial charge on any atom is -0.453 e. The summed E-state index contributed by atoms with van der Waals surface area (Å²) >= 11 is 0. The van der Waals surface area contributed by atoms with E-state index in [-0.39, 0.29) is 0 Å². The van der Waals surface area contributed by atoms with Crippen LogP contribution in [0.25, 0.3) is 17.0 Å². The van der Waals surface area contributed by atoms with Crippen molar-refractivity contribution in [3.63, 3.8) is 0 Å². The van der Waals surface area contributed by atoms with E-state index >= 15 is 0 Å². The van der Waals surface area contributed by atoms with Gasteiger partial charge in [-0.3, -0.25) is 9.79 Å². The molecule has 0 spiro atoms. The van der Waals surface area contributed by atoms with E-state index in [4.69, 9.17) is 16.2 Å². The highest BCUT2D eigenvalue weighted by Gasteiger charge is 2.26. The molecule has 1 saturated heterocycles. The van der Waals surface area contributed by atoms with Crippen molar-refractivity contribution >= 4 is 36.8 Å². The summed E-state index contributed by atoms with van der Waals surface area (Å²) in [6.45, 7) is 7.24. The number of ether oxygens (including phenoxy) is 2. The molecular weight excluding hydrogens is 765 g/mol. The number of hydrogen-bond acceptors (Lipinski definition) is 12. The van der Waals surface area contributed by atoms with E-state index in [1.807, 2.05) is 43.3 Å². The Labute approximate surface area is 350 Å². The van der Waals surface area contributed by atoms with E-state index in [2.05, 4.69) is 59.6 Å². The minimum atomic E-state index is -0.932. The SMILES string of the molecule is C=N/C=C(NC[C@@H]1CCCN1C)/C(N)=C/C=C(\N)c1ccc(-c2cnc([C@H](C)NC(=O)[C@H](NC(=O)OC)c3ccccc3)[nH]2)cc1.COC(=O)N[C@@H](C=O)c1ccccc1. The standard InChI is InChI=1S/C34H43N9O3.C10H11NO3/c1-22(40-33(44)31(42-34(45)46-4)25-9-6-5-7-10-25)32-39-21-29(41-32)24-14-12-23(13-15-24)27(35)16-17-28(36)30(20-37-2)38-19-26-11-8-18-43(26)3;1-14-10(13)11-9(7-12)8-5-3-2-4-6-8/h5-7,9-10,12-17,20-22,26,31,38H,2,8,11,18-19,35-36H2,1,3-4H3,(H,39,41)(H,40,44)(H,42,45);2-7,9H,1H3,(H,11,13)/b27-16-,28-17-,30-20-;/t22-,26-,31+;9-/m00/s1. The third-order valence-electron chi connectivity index (χ3n) is 9.66. The van der Waals surface area contributed by atoms with Gasteiger partial charge in [-0.15, -0.1) is 0 Å². The van der Waals surface area contributed by atoms with E-state index in [9.17, 15) is 19.2 Å². The van der Waals surface area contributed by atoms with Gasteiger partial charge in [-0.25, -0.2) is 14.6 Å². The Hall–Kier alpha value is -7.20. The number of H-pyrrole nitrogens is 1. The zero-order chi connectivity index (χ0) is 43.4. The zero-order valence-electron chi connectivity index (χ0n) is 34.3. The fourth-order valence-corrected chi connectivity index (χ4v) is 6.22. The molecule has 1 aliphatic heterocycles. The normalized spacial score (nSPS) is 15.9. The number of likely N-dealkylation sites (N-methyl/N-ethyl adjacent to an activating group) is 1. The molecule has 0 saturated carbocycles. The fourth-order valence-electron chi connectivity index (χ4n) is 6.22. The molecule has 1 aromatic heterocycles. The van der Waals surface area contributed by atoms with Gasteiger partial charge in [0.05, 0.1) is 49.7 Å². The molecule has 3 aromatic carbocycles. The molecule has 0 bridgehead atoms. The second-order valence-electron chi connectivity index (χ2n) is 13.8. The highest BCUT2D eigenvalue weighted by molar-refractivity contribution is 5.87. The van der Waals surface area contributed by atoms with Crippen LogP contribution in [0.1, 0.15) is 60.4 Å². The number of allylic oxidation sites excluding steroid dienone is 2. The predicted molar refractivity (Wildman–Crippen MR) is 232 cm³/mol. The van der Waals surface area contributed by atoms with E-state index in [1.54, 1.807) is 73.1 Å². The van der Waals surface area contributed by atoms with Gasteiger partial charge in [-0.1, -0.05) is 84.9 Å². The Morgan fingerprint density at radius 3 is 2.15 bits per heavy atom. The van der Waals surface area contributed by atoms with Crippen LogP contribution in [0, 0.1) is 0 Å². The van der Waals surface area contributed by atoms with Crippen LogP contribution >= 0.6 is 0 Å². The lowest BCUT2D eigenvalue weighted by Crippen LogP contribution is -2.41. The summed E-state index contributed by atoms with van der Waals surface area (Å²) in [4.78, 5) is 60.6. The molecule has 16 heteroatoms. The maximum Gasteiger partial charge on any atom is 0.407 e. The molecule has 1 aliphatic rings. The van der Waals surface area contributed by atoms with Crippen molar-refractivity contribution in [1.29, 1.82) is 0 Å². The second-order valence-corrected chi connectivity index (χ2v) is 13.8. The number of likely N-dealkylation sites (tertiary alicyclic amines) is 1. The summed E-state index contributed by atoms with van der Waals surface area (Å²) in [5, 5.41) is 11.3. The third kappa shape index (κ3) is 13.4. The Morgan fingerprint density at radius 2 is 1.57 bits per heavy atom. The summed E-state index contributed by atoms with van der Waals surface area (Å²) in [5.41, 5.74) is 18.3. The number of aromatic nitrogens is 2. The van der Waals surface area contributed by atoms with Crippen LogP contribution in [0.15, 0.2) is 126 Å². The smallest absolute Gasteiger partial charge is 0.407 e. The molecule has 4 atom stereocenters. The highest BCUT2D eigenvalue weighted by atomic mass is 16.5. The summed E-state index contributed by atoms with van der Waals surface area (Å²) in [5.74, 6) is 0.160. The van der Waals surface area contributed by atoms with Gasteiger partial charge in [0.15, 0.2) is 0 Å². The van der Waals surface area contributed by atoms with Crippen molar-refractivity contribution in [3.8, 4) is 11.3 Å². The lowest BCUT2D eigenvalue weighted by molar-refractivity contribution is -0.124. The number of nitrogens with two attached hydrogens (primary N) is 2. The molecule has 0 aliphatic carbocycles. The molecule has 316 valence electrons. The molecule has 1 fully saturated rings. The zero-order valence-corrected chi connectivity index (χ0v) is 34.3. The van der Waals surface area contributed by atoms with E-state index in [0.717, 1.165) is 41.9 Å². The number of methoxy groups -OCH3 is 2. The predicted octanol–water partition coefficient (Wildman–Crippen LogP) is 5.00. The van der Waals surface area contributed by atoms with Gasteiger partial charge >= 0.3 is 12.2 Å². The van der Waals surface area contributed by atoms with Gasteiger partial charge < -0.3 is 56.9 Å². The molecule has 4 aromatic rings. The van der Waals surface area contributed by atoms with Crippen molar-refractivity contribution in [2.45, 2.75) is 43.9 Å². The quantitative estimate of drug-likeness (QED) is 0.0452. The number of carbonyl (C=O) groups is 4. The first-order valence-corrected chi connectivity index (χ1v) is 19.2. The molecular formula is C44H54N10O6. The molecule has 0 radical (unpaired) electrons. The van der Waals surface area contributed by atoms with E-state index in [0.29, 0.717) is 40.8 Å². The van der Waals surface area contributed by atoms with Crippen LogP contribution in [0.2, 0.25) is 0 Å². The lowest BCUT2D eigenvalue weighted by Gasteiger charge is -2.21. The lowest BCUT2D eigenvalue weighted by atomic mass is 10.1. The molecule has 5 rings (SSSR count). The molecule has 0 unspecified atom stereocenters. The molecule has 3 amide bonds. The molecule has 60 heavy (non-hydrogen) atoms. The largest absolute Gasteiger partial charge is 0.453 e. The molecule has 2 heterocycles. The summed E-state index contributed by atoms with van der Waals surface area (Å²) < 4.78 is 9.10. The number of benzene rings is 3. The van der Waals surface area contributed by atoms with Crippen molar-refractivity contribution < 1.29 is 28.7 Å². The number of alkyl carbamates (subject to hydrolysis) is 2. The van der Waals surface area contributed by atoms with Crippen LogP contribution in [0.4, 0.5) is 9.59 Å². The van der Waals surface area contributed by atoms with Crippen LogP contribution in [-0.4, -0.2) is 86.4 Å². The van der Waals surface area contributed by atoms with Gasteiger partial charge in [0.1, 0.15) is 24.2 Å². The number of aliphatic imine (C=N–C) groups is 1. The van der Waals surface area contributed by atoms with Gasteiger partial charge in [-0.05, 0) is 74.5 Å². The van der Waals surface area contributed by atoms with Crippen LogP contribution in [0.3, 0.4) is 0 Å². The number of nitrogens with zero attached hydrogens (tertiary/aromatic N) is 3. The highest BCUT2D eigenvalue weighted by Crippen LogP contribution is 2.23. The first-order valence-electron chi connectivity index (χ1n) is 19.2. The third-order valence-corrected chi connectivity index (χ3v) is 9.66. The molecule has 16 nitrogen and oxygen atoms in total. The Bertz CT molecular complexity index is 2120. The van der Waals surface area contributed by atoms with Crippen molar-refractivity contribution in [1.82, 2.24) is 36.1 Å². The number of imidazole rings is 1. The van der Waals surface area contributed by atoms with Crippen molar-refractivity contribution in [2.24, 2.45) is 16.5 Å². The summed E-state index contributed by atoms with van der Waals surface area (Å²) in [7, 11) is 4.63. The number of aromatic amines is 1. The minimum absolute atomic E-state index is 0.399. The maximum absolute atomic E-state index is 13.2. The first kappa shape index (κ1) is 45.5. The topological polar surface area (TPSA) is 231 Å². The van der Waals surface area contributed by atoms with E-state index in [1.165, 1.54) is 20.6 Å². The Kier molecular flexibility index (Phi) is 17.6. The van der Waals surface area contributed by atoms with Crippen LogP contribution in [0.5, 0.6) is 0 Å². The van der Waals surface area contributed by atoms with Gasteiger partial charge in [-0.2, -0.15) is 0 Å². The summed E-state index contributed by atoms with van der Waals surface area (Å²) in [6.07, 6.45) is 8.51. The number of amides is 3. The second kappa shape index (κ2) is 23.3. The van der Waals surface area contributed by atoms with Crippen LogP contribution in [-0.2, 0) is 19.1 Å². The van der Waals surface area contributed by atoms with Gasteiger partial charge in [0.2, 0.25) is 5.91 Å². The number of carbonyl (C=O) groups excluding carboxylic acids is 4. The number of rotatable bonds is 16. The maximum atomic E-state index is 13.2. The molecule has 9 N–H and O–H groups in total. The summed E-state index contributed by atoms with van der Waals surface area (Å²) in [6, 6.07) is 24.0. The average molecular weight is 819 g/mol. The number of nitrogens with one attached hydrogen (secondary N) is 5. The van der Waals surface area contributed by atoms with Crippen molar-refractivity contribution in [3.05, 3.63) is 143 Å². The number of aldehydes is 1. The van der Waals surface area contributed by atoms with E-state index < -0.39 is 36.2 Å². The van der Waals surface area contributed by atoms with Crippen molar-refractivity contribution in [2.75, 3.05) is 34.4 Å².